The summed E-state index contributed by atoms with van der Waals surface area (Å²) < 4.78 is 0. The third-order valence-corrected chi connectivity index (χ3v) is 3.70. The predicted octanol–water partition coefficient (Wildman–Crippen LogP) is 0.833. The molecule has 12 heavy (non-hydrogen) atoms. The molecule has 68 valence electrons. The van der Waals surface area contributed by atoms with Gasteiger partial charge in [-0.3, -0.25) is 4.90 Å². The Morgan fingerprint density at radius 2 is 1.67 bits per heavy atom. The van der Waals surface area contributed by atoms with E-state index in [1.807, 2.05) is 0 Å². The molecule has 3 fully saturated rings. The van der Waals surface area contributed by atoms with Crippen molar-refractivity contribution in [1.82, 2.24) is 10.2 Å². The number of nitrogens with one attached hydrogen (secondary N) is 1. The van der Waals surface area contributed by atoms with E-state index in [9.17, 15) is 0 Å². The van der Waals surface area contributed by atoms with Crippen molar-refractivity contribution in [2.24, 2.45) is 5.92 Å². The summed E-state index contributed by atoms with van der Waals surface area (Å²) in [4.78, 5) is 2.79. The second-order valence-corrected chi connectivity index (χ2v) is 4.68. The normalized spacial score (nSPS) is 42.0. The molecule has 0 radical (unpaired) electrons. The van der Waals surface area contributed by atoms with E-state index >= 15 is 0 Å². The lowest BCUT2D eigenvalue weighted by Gasteiger charge is -2.35. The predicted molar refractivity (Wildman–Crippen MR) is 49.1 cm³/mol. The minimum Gasteiger partial charge on any atom is -0.314 e. The Morgan fingerprint density at radius 1 is 1.00 bits per heavy atom. The Morgan fingerprint density at radius 3 is 2.25 bits per heavy atom. The van der Waals surface area contributed by atoms with Gasteiger partial charge in [0.25, 0.3) is 0 Å². The van der Waals surface area contributed by atoms with E-state index in [1.54, 1.807) is 0 Å². The van der Waals surface area contributed by atoms with Gasteiger partial charge in [-0.15, -0.1) is 0 Å². The molecule has 2 saturated heterocycles. The van der Waals surface area contributed by atoms with Gasteiger partial charge in [-0.2, -0.15) is 0 Å². The molecule has 2 unspecified atom stereocenters. The molecule has 2 bridgehead atoms. The fraction of sp³-hybridized carbons (Fsp3) is 1.00. The van der Waals surface area contributed by atoms with Gasteiger partial charge in [0.2, 0.25) is 0 Å². The van der Waals surface area contributed by atoms with Crippen molar-refractivity contribution in [1.29, 1.82) is 0 Å². The Balaban J connectivity index is 1.67. The lowest BCUT2D eigenvalue weighted by Crippen LogP contribution is -2.52. The standard InChI is InChI=1S/C10H18N2/c1-2-8(1)7-12-9-3-4-10(12)6-11-5-9/h8-11H,1-7H2. The zero-order valence-electron chi connectivity index (χ0n) is 7.63. The first-order chi connectivity index (χ1) is 5.93. The fourth-order valence-electron chi connectivity index (χ4n) is 2.77. The van der Waals surface area contributed by atoms with E-state index in [0.29, 0.717) is 0 Å². The first-order valence-corrected chi connectivity index (χ1v) is 5.40. The van der Waals surface area contributed by atoms with Crippen molar-refractivity contribution >= 4 is 0 Å². The average Bonchev–Trinajstić information content (AvgIpc) is 2.81. The molecule has 2 heteroatoms. The lowest BCUT2D eigenvalue weighted by molar-refractivity contribution is 0.147. The van der Waals surface area contributed by atoms with Crippen LogP contribution in [0.3, 0.4) is 0 Å². The molecule has 2 nitrogen and oxygen atoms in total. The van der Waals surface area contributed by atoms with E-state index in [4.69, 9.17) is 0 Å². The van der Waals surface area contributed by atoms with E-state index in [-0.39, 0.29) is 0 Å². The van der Waals surface area contributed by atoms with Crippen LogP contribution in [0.4, 0.5) is 0 Å². The smallest absolute Gasteiger partial charge is 0.0224 e. The lowest BCUT2D eigenvalue weighted by atomic mass is 10.2. The van der Waals surface area contributed by atoms with Gasteiger partial charge in [0.15, 0.2) is 0 Å². The quantitative estimate of drug-likeness (QED) is 0.654. The summed E-state index contributed by atoms with van der Waals surface area (Å²) in [5.74, 6) is 1.08. The Labute approximate surface area is 74.3 Å². The van der Waals surface area contributed by atoms with Crippen molar-refractivity contribution in [3.05, 3.63) is 0 Å². The molecule has 0 aromatic rings. The number of piperazine rings is 1. The van der Waals surface area contributed by atoms with E-state index in [2.05, 4.69) is 10.2 Å². The molecule has 2 aliphatic heterocycles. The van der Waals surface area contributed by atoms with Crippen molar-refractivity contribution in [2.75, 3.05) is 19.6 Å². The molecule has 3 rings (SSSR count). The number of hydrogen-bond acceptors (Lipinski definition) is 2. The van der Waals surface area contributed by atoms with Gasteiger partial charge in [-0.1, -0.05) is 0 Å². The summed E-state index contributed by atoms with van der Waals surface area (Å²) in [5.41, 5.74) is 0. The highest BCUT2D eigenvalue weighted by Gasteiger charge is 2.38. The summed E-state index contributed by atoms with van der Waals surface area (Å²) in [6, 6.07) is 1.79. The maximum absolute atomic E-state index is 3.53. The van der Waals surface area contributed by atoms with Gasteiger partial charge >= 0.3 is 0 Å². The van der Waals surface area contributed by atoms with Crippen LogP contribution in [0, 0.1) is 5.92 Å². The first kappa shape index (κ1) is 7.34. The molecule has 2 heterocycles. The van der Waals surface area contributed by atoms with Crippen LogP contribution in [0.25, 0.3) is 0 Å². The molecule has 1 aliphatic carbocycles. The molecule has 1 N–H and O–H groups in total. The summed E-state index contributed by atoms with van der Waals surface area (Å²) >= 11 is 0. The van der Waals surface area contributed by atoms with Crippen molar-refractivity contribution < 1.29 is 0 Å². The Bertz CT molecular complexity index is 161. The maximum atomic E-state index is 3.53. The molecular formula is C10H18N2. The zero-order valence-corrected chi connectivity index (χ0v) is 7.63. The maximum Gasteiger partial charge on any atom is 0.0224 e. The van der Waals surface area contributed by atoms with Gasteiger partial charge in [0.05, 0.1) is 0 Å². The minimum absolute atomic E-state index is 0.893. The number of fused-ring (bicyclic) bond motifs is 2. The number of nitrogens with zero attached hydrogens (tertiary/aromatic N) is 1. The molecule has 0 amide bonds. The van der Waals surface area contributed by atoms with Crippen molar-refractivity contribution in [2.45, 2.75) is 37.8 Å². The van der Waals surface area contributed by atoms with Crippen molar-refractivity contribution in [3.8, 4) is 0 Å². The molecular weight excluding hydrogens is 148 g/mol. The summed E-state index contributed by atoms with van der Waals surface area (Å²) in [7, 11) is 0. The molecule has 2 atom stereocenters. The summed E-state index contributed by atoms with van der Waals surface area (Å²) in [6.07, 6.45) is 5.90. The second kappa shape index (κ2) is 2.71. The summed E-state index contributed by atoms with van der Waals surface area (Å²) in [5, 5.41) is 3.53. The van der Waals surface area contributed by atoms with Crippen molar-refractivity contribution in [3.63, 3.8) is 0 Å². The van der Waals surface area contributed by atoms with Crippen LogP contribution in [-0.4, -0.2) is 36.6 Å². The van der Waals surface area contributed by atoms with Crippen LogP contribution in [0.5, 0.6) is 0 Å². The van der Waals surface area contributed by atoms with Gasteiger partial charge in [-0.25, -0.2) is 0 Å². The largest absolute Gasteiger partial charge is 0.314 e. The van der Waals surface area contributed by atoms with Crippen LogP contribution in [0.15, 0.2) is 0 Å². The second-order valence-electron chi connectivity index (χ2n) is 4.68. The van der Waals surface area contributed by atoms with Gasteiger partial charge in [0, 0.05) is 31.7 Å². The number of hydrogen-bond donors (Lipinski definition) is 1. The van der Waals surface area contributed by atoms with Gasteiger partial charge in [-0.05, 0) is 31.6 Å². The van der Waals surface area contributed by atoms with E-state index < -0.39 is 0 Å². The van der Waals surface area contributed by atoms with E-state index in [0.717, 1.165) is 18.0 Å². The molecule has 1 saturated carbocycles. The zero-order chi connectivity index (χ0) is 7.97. The average molecular weight is 166 g/mol. The van der Waals surface area contributed by atoms with Crippen LogP contribution >= 0.6 is 0 Å². The molecule has 0 spiro atoms. The Hall–Kier alpha value is -0.0800. The highest BCUT2D eigenvalue weighted by molar-refractivity contribution is 4.96. The van der Waals surface area contributed by atoms with E-state index in [1.165, 1.54) is 45.3 Å². The van der Waals surface area contributed by atoms with Gasteiger partial charge in [0.1, 0.15) is 0 Å². The monoisotopic (exact) mass is 166 g/mol. The molecule has 0 aromatic carbocycles. The third kappa shape index (κ3) is 1.17. The third-order valence-electron chi connectivity index (χ3n) is 3.70. The highest BCUT2D eigenvalue weighted by Crippen LogP contribution is 2.35. The number of rotatable bonds is 2. The fourth-order valence-corrected chi connectivity index (χ4v) is 2.77. The highest BCUT2D eigenvalue weighted by atomic mass is 15.3. The SMILES string of the molecule is C1CC1CN1C2CCC1CNC2. The Kier molecular flexibility index (Phi) is 1.66. The van der Waals surface area contributed by atoms with Crippen LogP contribution in [0.2, 0.25) is 0 Å². The van der Waals surface area contributed by atoms with Crippen LogP contribution < -0.4 is 5.32 Å². The first-order valence-electron chi connectivity index (χ1n) is 5.40. The summed E-state index contributed by atoms with van der Waals surface area (Å²) in [6.45, 7) is 3.92. The molecule has 0 aromatic heterocycles. The minimum atomic E-state index is 0.893. The van der Waals surface area contributed by atoms with Crippen LogP contribution in [-0.2, 0) is 0 Å². The molecule has 3 aliphatic rings. The topological polar surface area (TPSA) is 15.3 Å². The van der Waals surface area contributed by atoms with Gasteiger partial charge < -0.3 is 5.32 Å². The van der Waals surface area contributed by atoms with Crippen LogP contribution in [0.1, 0.15) is 25.7 Å².